The number of aromatic amines is 1. The summed E-state index contributed by atoms with van der Waals surface area (Å²) in [5.74, 6) is -3.48. The number of nitrogens with one attached hydrogen (secondary N) is 3. The fourth-order valence-corrected chi connectivity index (χ4v) is 5.63. The number of carbonyl (C=O) groups is 5. The van der Waals surface area contributed by atoms with E-state index in [0.29, 0.717) is 26.2 Å². The maximum atomic E-state index is 14.2. The van der Waals surface area contributed by atoms with Gasteiger partial charge in [0, 0.05) is 63.2 Å². The summed E-state index contributed by atoms with van der Waals surface area (Å²) in [5.41, 5.74) is 1.66. The second-order valence-corrected chi connectivity index (χ2v) is 12.7. The SMILES string of the molecule is CC(=O)OC[C@H]1O[C@H](OC(C)=O)[C@H](NC(=O)[C@H](Cc2c[nH]c3ccccc23)NCCC2OCC(C)(C)CO2)[C@@H](OC(C)=O)[C@@H]1OC(C)=O. The number of ether oxygens (including phenoxy) is 7. The number of carbonyl (C=O) groups excluding carboxylic acids is 5. The second-order valence-electron chi connectivity index (χ2n) is 12.7. The molecule has 2 aliphatic heterocycles. The van der Waals surface area contributed by atoms with Gasteiger partial charge in [-0.15, -0.1) is 0 Å². The molecule has 15 nitrogen and oxygen atoms in total. The van der Waals surface area contributed by atoms with Crippen molar-refractivity contribution < 1.29 is 57.1 Å². The van der Waals surface area contributed by atoms with Gasteiger partial charge in [0.05, 0.1) is 19.3 Å². The average Bonchev–Trinajstić information content (AvgIpc) is 3.41. The van der Waals surface area contributed by atoms with Crippen molar-refractivity contribution in [1.29, 1.82) is 0 Å². The van der Waals surface area contributed by atoms with Crippen molar-refractivity contribution in [3.05, 3.63) is 36.0 Å². The Bertz CT molecular complexity index is 1450. The molecule has 0 aliphatic carbocycles. The summed E-state index contributed by atoms with van der Waals surface area (Å²) in [4.78, 5) is 65.7. The van der Waals surface area contributed by atoms with Crippen LogP contribution in [0.15, 0.2) is 30.5 Å². The molecular weight excluding hydrogens is 630 g/mol. The van der Waals surface area contributed by atoms with E-state index in [-0.39, 0.29) is 11.8 Å². The van der Waals surface area contributed by atoms with Crippen LogP contribution in [0.5, 0.6) is 0 Å². The molecule has 15 heteroatoms. The van der Waals surface area contributed by atoms with Crippen molar-refractivity contribution in [3.8, 4) is 0 Å². The normalized spacial score (nSPS) is 24.7. The molecule has 6 atom stereocenters. The third-order valence-electron chi connectivity index (χ3n) is 7.80. The van der Waals surface area contributed by atoms with Gasteiger partial charge in [-0.2, -0.15) is 0 Å². The van der Waals surface area contributed by atoms with Crippen LogP contribution in [0, 0.1) is 5.41 Å². The van der Waals surface area contributed by atoms with E-state index in [1.807, 2.05) is 30.5 Å². The highest BCUT2D eigenvalue weighted by Crippen LogP contribution is 2.29. The van der Waals surface area contributed by atoms with Crippen LogP contribution in [0.2, 0.25) is 0 Å². The molecule has 264 valence electrons. The van der Waals surface area contributed by atoms with Crippen molar-refractivity contribution in [2.45, 2.75) is 97.4 Å². The average molecular weight is 676 g/mol. The van der Waals surface area contributed by atoms with Crippen molar-refractivity contribution in [2.24, 2.45) is 5.41 Å². The van der Waals surface area contributed by atoms with Gasteiger partial charge in [0.15, 0.2) is 18.5 Å². The highest BCUT2D eigenvalue weighted by atomic mass is 16.7. The zero-order valence-electron chi connectivity index (χ0n) is 28.1. The molecule has 0 radical (unpaired) electrons. The van der Waals surface area contributed by atoms with E-state index in [0.717, 1.165) is 37.2 Å². The summed E-state index contributed by atoms with van der Waals surface area (Å²) in [6.07, 6.45) is -3.38. The van der Waals surface area contributed by atoms with Crippen LogP contribution in [0.4, 0.5) is 0 Å². The zero-order valence-corrected chi connectivity index (χ0v) is 28.1. The Hall–Kier alpha value is -4.05. The van der Waals surface area contributed by atoms with E-state index in [1.54, 1.807) is 0 Å². The second kappa shape index (κ2) is 16.4. The minimum absolute atomic E-state index is 0.0953. The monoisotopic (exact) mass is 675 g/mol. The van der Waals surface area contributed by atoms with Gasteiger partial charge < -0.3 is 48.8 Å². The van der Waals surface area contributed by atoms with Gasteiger partial charge in [-0.1, -0.05) is 32.0 Å². The fourth-order valence-electron chi connectivity index (χ4n) is 5.63. The molecule has 2 fully saturated rings. The summed E-state index contributed by atoms with van der Waals surface area (Å²) in [7, 11) is 0. The highest BCUT2D eigenvalue weighted by Gasteiger charge is 2.52. The van der Waals surface area contributed by atoms with Crippen LogP contribution < -0.4 is 10.6 Å². The van der Waals surface area contributed by atoms with Gasteiger partial charge in [0.25, 0.3) is 0 Å². The number of hydrogen-bond donors (Lipinski definition) is 3. The molecule has 2 aromatic rings. The number of para-hydroxylation sites is 1. The molecule has 1 aromatic heterocycles. The molecule has 0 saturated carbocycles. The zero-order chi connectivity index (χ0) is 35.0. The fraction of sp³-hybridized carbons (Fsp3) is 0.606. The third kappa shape index (κ3) is 10.2. The van der Waals surface area contributed by atoms with E-state index in [4.69, 9.17) is 33.2 Å². The number of aromatic nitrogens is 1. The Morgan fingerprint density at radius 2 is 1.56 bits per heavy atom. The van der Waals surface area contributed by atoms with Crippen LogP contribution in [-0.4, -0.2) is 104 Å². The number of benzene rings is 1. The van der Waals surface area contributed by atoms with E-state index in [9.17, 15) is 24.0 Å². The van der Waals surface area contributed by atoms with Gasteiger partial charge in [-0.3, -0.25) is 24.0 Å². The maximum absolute atomic E-state index is 14.2. The molecule has 3 N–H and O–H groups in total. The molecule has 0 unspecified atom stereocenters. The number of rotatable bonds is 13. The van der Waals surface area contributed by atoms with E-state index >= 15 is 0 Å². The molecule has 4 rings (SSSR count). The largest absolute Gasteiger partial charge is 0.463 e. The molecule has 1 aromatic carbocycles. The summed E-state index contributed by atoms with van der Waals surface area (Å²) >= 11 is 0. The first-order valence-electron chi connectivity index (χ1n) is 15.8. The number of amides is 1. The lowest BCUT2D eigenvalue weighted by Gasteiger charge is -2.44. The smallest absolute Gasteiger partial charge is 0.305 e. The van der Waals surface area contributed by atoms with Crippen LogP contribution in [0.25, 0.3) is 10.9 Å². The van der Waals surface area contributed by atoms with Crippen molar-refractivity contribution >= 4 is 40.7 Å². The predicted octanol–water partition coefficient (Wildman–Crippen LogP) is 1.66. The Morgan fingerprint density at radius 1 is 0.917 bits per heavy atom. The molecule has 0 bridgehead atoms. The summed E-state index contributed by atoms with van der Waals surface area (Å²) < 4.78 is 39.2. The highest BCUT2D eigenvalue weighted by molar-refractivity contribution is 5.86. The van der Waals surface area contributed by atoms with Gasteiger partial charge in [0.1, 0.15) is 18.8 Å². The number of fused-ring (bicyclic) bond motifs is 1. The van der Waals surface area contributed by atoms with Gasteiger partial charge in [0.2, 0.25) is 12.2 Å². The number of H-pyrrole nitrogens is 1. The Labute approximate surface area is 278 Å². The first-order chi connectivity index (χ1) is 22.7. The van der Waals surface area contributed by atoms with Crippen molar-refractivity contribution in [3.63, 3.8) is 0 Å². The molecular formula is C33H45N3O12. The van der Waals surface area contributed by atoms with Crippen LogP contribution in [0.1, 0.15) is 53.5 Å². The lowest BCUT2D eigenvalue weighted by Crippen LogP contribution is -2.68. The first kappa shape index (κ1) is 36.8. The Balaban J connectivity index is 1.61. The summed E-state index contributed by atoms with van der Waals surface area (Å²) in [6, 6.07) is 5.48. The summed E-state index contributed by atoms with van der Waals surface area (Å²) in [5, 5.41) is 7.05. The minimum Gasteiger partial charge on any atom is -0.463 e. The van der Waals surface area contributed by atoms with E-state index < -0.39 is 79.4 Å². The Morgan fingerprint density at radius 3 is 2.21 bits per heavy atom. The quantitative estimate of drug-likeness (QED) is 0.206. The van der Waals surface area contributed by atoms with Crippen molar-refractivity contribution in [1.82, 2.24) is 15.6 Å². The lowest BCUT2D eigenvalue weighted by atomic mass is 9.95. The van der Waals surface area contributed by atoms with Crippen LogP contribution in [-0.2, 0) is 63.6 Å². The third-order valence-corrected chi connectivity index (χ3v) is 7.80. The van der Waals surface area contributed by atoms with Crippen molar-refractivity contribution in [2.75, 3.05) is 26.4 Å². The molecule has 3 heterocycles. The lowest BCUT2D eigenvalue weighted by molar-refractivity contribution is -0.271. The van der Waals surface area contributed by atoms with Crippen LogP contribution in [0.3, 0.4) is 0 Å². The standard InChI is InChI=1S/C33H45N3O12/c1-18(37)42-15-26-29(45-19(2)38)30(46-20(3)39)28(32(48-26)47-21(4)40)36-31(41)25(13-22-14-35-24-10-8-7-9-23(22)24)34-12-11-27-43-16-33(5,6)17-44-27/h7-10,14,25-30,32,34-35H,11-13,15-17H2,1-6H3,(H,36,41)/t25-,26+,28+,29+,30+,32-/m0/s1. The topological polar surface area (TPSA) is 190 Å². The number of hydrogen-bond acceptors (Lipinski definition) is 13. The molecule has 2 saturated heterocycles. The predicted molar refractivity (Wildman–Crippen MR) is 168 cm³/mol. The minimum atomic E-state index is -1.51. The first-order valence-corrected chi connectivity index (χ1v) is 15.8. The van der Waals surface area contributed by atoms with Gasteiger partial charge >= 0.3 is 23.9 Å². The maximum Gasteiger partial charge on any atom is 0.305 e. The van der Waals surface area contributed by atoms with Crippen LogP contribution >= 0.6 is 0 Å². The molecule has 2 aliphatic rings. The van der Waals surface area contributed by atoms with E-state index in [2.05, 4.69) is 29.5 Å². The summed E-state index contributed by atoms with van der Waals surface area (Å²) in [6.45, 7) is 9.69. The van der Waals surface area contributed by atoms with Gasteiger partial charge in [-0.25, -0.2) is 0 Å². The van der Waals surface area contributed by atoms with E-state index in [1.165, 1.54) is 6.92 Å². The molecule has 48 heavy (non-hydrogen) atoms. The number of esters is 4. The molecule has 1 amide bonds. The van der Waals surface area contributed by atoms with Gasteiger partial charge in [-0.05, 0) is 18.1 Å². The molecule has 0 spiro atoms. The Kier molecular flexibility index (Phi) is 12.5.